The Morgan fingerprint density at radius 3 is 2.71 bits per heavy atom. The van der Waals surface area contributed by atoms with Crippen molar-refractivity contribution in [2.75, 3.05) is 26.2 Å². The number of piperidine rings is 1. The Bertz CT molecular complexity index is 725. The fourth-order valence-corrected chi connectivity index (χ4v) is 4.61. The molecule has 0 aromatic heterocycles. The molecule has 2 aliphatic heterocycles. The van der Waals surface area contributed by atoms with Gasteiger partial charge in [0.2, 0.25) is 0 Å². The molecule has 0 radical (unpaired) electrons. The van der Waals surface area contributed by atoms with Gasteiger partial charge in [-0.2, -0.15) is 0 Å². The zero-order valence-electron chi connectivity index (χ0n) is 17.0. The van der Waals surface area contributed by atoms with Gasteiger partial charge < -0.3 is 10.1 Å². The molecule has 28 heavy (non-hydrogen) atoms. The number of nitrogens with one attached hydrogen (secondary N) is 1. The van der Waals surface area contributed by atoms with Crippen molar-refractivity contribution in [3.05, 3.63) is 65.2 Å². The number of ether oxygens (including phenoxy) is 1. The first-order chi connectivity index (χ1) is 13.9. The van der Waals surface area contributed by atoms with E-state index < -0.39 is 0 Å². The number of nitrogens with zero attached hydrogens (tertiary/aromatic N) is 1. The molecule has 0 atom stereocenters. The summed E-state index contributed by atoms with van der Waals surface area (Å²) in [5.74, 6) is 1.94. The highest BCUT2D eigenvalue weighted by molar-refractivity contribution is 5.36. The molecule has 0 spiro atoms. The van der Waals surface area contributed by atoms with Crippen LogP contribution in [0.1, 0.15) is 48.8 Å². The predicted octanol–water partition coefficient (Wildman–Crippen LogP) is 4.79. The van der Waals surface area contributed by atoms with Gasteiger partial charge in [-0.15, -0.1) is 0 Å². The van der Waals surface area contributed by atoms with Gasteiger partial charge >= 0.3 is 0 Å². The van der Waals surface area contributed by atoms with E-state index >= 15 is 0 Å². The third kappa shape index (κ3) is 5.59. The summed E-state index contributed by atoms with van der Waals surface area (Å²) in [5, 5.41) is 3.45. The largest absolute Gasteiger partial charge is 0.494 e. The van der Waals surface area contributed by atoms with Gasteiger partial charge in [0.05, 0.1) is 6.61 Å². The van der Waals surface area contributed by atoms with Crippen LogP contribution in [-0.2, 0) is 19.5 Å². The molecular formula is C25H34N2O. The second-order valence-electron chi connectivity index (χ2n) is 8.41. The molecule has 0 unspecified atom stereocenters. The Morgan fingerprint density at radius 2 is 1.86 bits per heavy atom. The lowest BCUT2D eigenvalue weighted by Crippen LogP contribution is -2.27. The second-order valence-corrected chi connectivity index (χ2v) is 8.41. The lowest BCUT2D eigenvalue weighted by molar-refractivity contribution is 0.259. The van der Waals surface area contributed by atoms with E-state index in [1.165, 1.54) is 68.3 Å². The SMILES string of the molecule is c1ccc(CN2CCCc3ccc(OCCCC4CCNCC4)cc3C2)cc1. The van der Waals surface area contributed by atoms with E-state index in [0.29, 0.717) is 0 Å². The Labute approximate surface area is 170 Å². The Balaban J connectivity index is 1.30. The molecule has 150 valence electrons. The fourth-order valence-electron chi connectivity index (χ4n) is 4.61. The molecule has 0 saturated carbocycles. The number of benzene rings is 2. The van der Waals surface area contributed by atoms with Crippen molar-refractivity contribution in [3.63, 3.8) is 0 Å². The first-order valence-electron chi connectivity index (χ1n) is 11.1. The van der Waals surface area contributed by atoms with E-state index in [1.807, 2.05) is 0 Å². The number of hydrogen-bond donors (Lipinski definition) is 1. The highest BCUT2D eigenvalue weighted by Crippen LogP contribution is 2.25. The first kappa shape index (κ1) is 19.5. The molecule has 4 rings (SSSR count). The summed E-state index contributed by atoms with van der Waals surface area (Å²) in [7, 11) is 0. The summed E-state index contributed by atoms with van der Waals surface area (Å²) < 4.78 is 6.12. The molecule has 2 aromatic rings. The van der Waals surface area contributed by atoms with Crippen LogP contribution >= 0.6 is 0 Å². The highest BCUT2D eigenvalue weighted by Gasteiger charge is 2.16. The van der Waals surface area contributed by atoms with Gasteiger partial charge in [-0.05, 0) is 92.9 Å². The third-order valence-electron chi connectivity index (χ3n) is 6.23. The van der Waals surface area contributed by atoms with Crippen LogP contribution in [0, 0.1) is 5.92 Å². The van der Waals surface area contributed by atoms with E-state index in [-0.39, 0.29) is 0 Å². The average molecular weight is 379 g/mol. The van der Waals surface area contributed by atoms with Gasteiger partial charge in [0.15, 0.2) is 0 Å². The smallest absolute Gasteiger partial charge is 0.119 e. The van der Waals surface area contributed by atoms with E-state index in [0.717, 1.165) is 37.9 Å². The Kier molecular flexibility index (Phi) is 7.01. The summed E-state index contributed by atoms with van der Waals surface area (Å²) in [6.07, 6.45) is 7.54. The minimum atomic E-state index is 0.844. The van der Waals surface area contributed by atoms with Crippen LogP contribution in [0.4, 0.5) is 0 Å². The van der Waals surface area contributed by atoms with E-state index in [1.54, 1.807) is 0 Å². The van der Waals surface area contributed by atoms with Crippen molar-refractivity contribution >= 4 is 0 Å². The van der Waals surface area contributed by atoms with Gasteiger partial charge in [0.25, 0.3) is 0 Å². The summed E-state index contributed by atoms with van der Waals surface area (Å²) in [6, 6.07) is 17.6. The van der Waals surface area contributed by atoms with Gasteiger partial charge in [-0.25, -0.2) is 0 Å². The van der Waals surface area contributed by atoms with Crippen LogP contribution in [0.25, 0.3) is 0 Å². The van der Waals surface area contributed by atoms with Gasteiger partial charge in [-0.1, -0.05) is 36.4 Å². The predicted molar refractivity (Wildman–Crippen MR) is 116 cm³/mol. The minimum Gasteiger partial charge on any atom is -0.494 e. The van der Waals surface area contributed by atoms with Crippen molar-refractivity contribution in [1.29, 1.82) is 0 Å². The standard InChI is InChI=1S/C25H34N2O/c1-2-6-22(7-3-1)19-27-16-4-9-23-10-11-25(18-24(23)20-27)28-17-5-8-21-12-14-26-15-13-21/h1-3,6-7,10-11,18,21,26H,4-5,8-9,12-17,19-20H2. The maximum Gasteiger partial charge on any atom is 0.119 e. The van der Waals surface area contributed by atoms with Crippen LogP contribution in [0.5, 0.6) is 5.75 Å². The summed E-state index contributed by atoms with van der Waals surface area (Å²) in [5.41, 5.74) is 4.35. The molecule has 1 saturated heterocycles. The second kappa shape index (κ2) is 10.1. The third-order valence-corrected chi connectivity index (χ3v) is 6.23. The van der Waals surface area contributed by atoms with Crippen molar-refractivity contribution in [2.45, 2.75) is 51.6 Å². The van der Waals surface area contributed by atoms with Crippen LogP contribution in [0.15, 0.2) is 48.5 Å². The van der Waals surface area contributed by atoms with Crippen molar-refractivity contribution in [2.24, 2.45) is 5.92 Å². The quantitative estimate of drug-likeness (QED) is 0.701. The summed E-state index contributed by atoms with van der Waals surface area (Å²) in [4.78, 5) is 2.57. The highest BCUT2D eigenvalue weighted by atomic mass is 16.5. The summed E-state index contributed by atoms with van der Waals surface area (Å²) >= 11 is 0. The zero-order valence-corrected chi connectivity index (χ0v) is 17.0. The minimum absolute atomic E-state index is 0.844. The van der Waals surface area contributed by atoms with Crippen LogP contribution < -0.4 is 10.1 Å². The molecule has 2 heterocycles. The Hall–Kier alpha value is -1.84. The normalized spacial score (nSPS) is 18.4. The first-order valence-corrected chi connectivity index (χ1v) is 11.1. The lowest BCUT2D eigenvalue weighted by atomic mass is 9.93. The van der Waals surface area contributed by atoms with Crippen molar-refractivity contribution in [3.8, 4) is 5.75 Å². The molecule has 1 N–H and O–H groups in total. The molecule has 3 nitrogen and oxygen atoms in total. The van der Waals surface area contributed by atoms with Gasteiger partial charge in [0, 0.05) is 13.1 Å². The topological polar surface area (TPSA) is 24.5 Å². The Morgan fingerprint density at radius 1 is 1.00 bits per heavy atom. The maximum absolute atomic E-state index is 6.12. The van der Waals surface area contributed by atoms with Gasteiger partial charge in [0.1, 0.15) is 5.75 Å². The molecule has 0 aliphatic carbocycles. The van der Waals surface area contributed by atoms with Crippen molar-refractivity contribution in [1.82, 2.24) is 10.2 Å². The number of fused-ring (bicyclic) bond motifs is 1. The van der Waals surface area contributed by atoms with E-state index in [2.05, 4.69) is 58.7 Å². The molecule has 3 heteroatoms. The fraction of sp³-hybridized carbons (Fsp3) is 0.520. The molecule has 0 bridgehead atoms. The van der Waals surface area contributed by atoms with Crippen molar-refractivity contribution < 1.29 is 4.74 Å². The average Bonchev–Trinajstić information content (AvgIpc) is 2.94. The number of hydrogen-bond acceptors (Lipinski definition) is 3. The monoisotopic (exact) mass is 378 g/mol. The van der Waals surface area contributed by atoms with Crippen LogP contribution in [-0.4, -0.2) is 31.1 Å². The summed E-state index contributed by atoms with van der Waals surface area (Å²) in [6.45, 7) is 6.44. The molecule has 2 aromatic carbocycles. The molecule has 1 fully saturated rings. The molecule has 2 aliphatic rings. The lowest BCUT2D eigenvalue weighted by Gasteiger charge is -2.22. The number of rotatable bonds is 7. The van der Waals surface area contributed by atoms with E-state index in [4.69, 9.17) is 4.74 Å². The molecule has 0 amide bonds. The maximum atomic E-state index is 6.12. The number of aryl methyl sites for hydroxylation is 1. The van der Waals surface area contributed by atoms with Crippen LogP contribution in [0.3, 0.4) is 0 Å². The molecular weight excluding hydrogens is 344 g/mol. The van der Waals surface area contributed by atoms with Gasteiger partial charge in [-0.3, -0.25) is 4.90 Å². The van der Waals surface area contributed by atoms with Crippen LogP contribution in [0.2, 0.25) is 0 Å². The zero-order chi connectivity index (χ0) is 19.0. The van der Waals surface area contributed by atoms with E-state index in [9.17, 15) is 0 Å².